The van der Waals surface area contributed by atoms with Crippen LogP contribution in [0.25, 0.3) is 0 Å². The van der Waals surface area contributed by atoms with E-state index in [1.54, 1.807) is 12.1 Å². The van der Waals surface area contributed by atoms with Crippen molar-refractivity contribution in [3.05, 3.63) is 29.6 Å². The minimum absolute atomic E-state index is 0.0885. The molecule has 0 radical (unpaired) electrons. The monoisotopic (exact) mass is 209 g/mol. The van der Waals surface area contributed by atoms with Crippen molar-refractivity contribution >= 4 is 5.69 Å². The standard InChI is InChI=1S/C13H20FN/c1-5-15(6-2)12-9-7-8-11(14)13(12)10(3)4/h7-10H,5-6H2,1-4H3. The van der Waals surface area contributed by atoms with Gasteiger partial charge in [-0.1, -0.05) is 19.9 Å². The van der Waals surface area contributed by atoms with E-state index >= 15 is 0 Å². The number of anilines is 1. The van der Waals surface area contributed by atoms with E-state index in [9.17, 15) is 4.39 Å². The smallest absolute Gasteiger partial charge is 0.128 e. The van der Waals surface area contributed by atoms with Crippen molar-refractivity contribution < 1.29 is 4.39 Å². The summed E-state index contributed by atoms with van der Waals surface area (Å²) in [4.78, 5) is 2.19. The molecule has 0 N–H and O–H groups in total. The lowest BCUT2D eigenvalue weighted by atomic mass is 9.99. The maximum Gasteiger partial charge on any atom is 0.128 e. The number of hydrogen-bond acceptors (Lipinski definition) is 1. The Morgan fingerprint density at radius 1 is 1.20 bits per heavy atom. The van der Waals surface area contributed by atoms with E-state index in [0.29, 0.717) is 0 Å². The van der Waals surface area contributed by atoms with Crippen molar-refractivity contribution in [2.24, 2.45) is 0 Å². The van der Waals surface area contributed by atoms with Gasteiger partial charge in [-0.05, 0) is 31.9 Å². The molecule has 0 fully saturated rings. The molecule has 0 bridgehead atoms. The Kier molecular flexibility index (Phi) is 4.13. The maximum atomic E-state index is 13.7. The topological polar surface area (TPSA) is 3.24 Å². The van der Waals surface area contributed by atoms with Gasteiger partial charge in [-0.3, -0.25) is 0 Å². The van der Waals surface area contributed by atoms with Crippen molar-refractivity contribution in [3.8, 4) is 0 Å². The fraction of sp³-hybridized carbons (Fsp3) is 0.538. The minimum Gasteiger partial charge on any atom is -0.372 e. The molecule has 0 aliphatic heterocycles. The van der Waals surface area contributed by atoms with Crippen molar-refractivity contribution in [1.29, 1.82) is 0 Å². The number of hydrogen-bond donors (Lipinski definition) is 0. The van der Waals surface area contributed by atoms with Crippen LogP contribution in [0, 0.1) is 5.82 Å². The summed E-state index contributed by atoms with van der Waals surface area (Å²) in [7, 11) is 0. The van der Waals surface area contributed by atoms with Crippen LogP contribution in [-0.2, 0) is 0 Å². The second kappa shape index (κ2) is 5.15. The van der Waals surface area contributed by atoms with Crippen LogP contribution in [0.5, 0.6) is 0 Å². The van der Waals surface area contributed by atoms with Gasteiger partial charge in [-0.2, -0.15) is 0 Å². The number of halogens is 1. The molecule has 1 aromatic rings. The van der Waals surface area contributed by atoms with Gasteiger partial charge in [0.15, 0.2) is 0 Å². The van der Waals surface area contributed by atoms with E-state index in [-0.39, 0.29) is 11.7 Å². The summed E-state index contributed by atoms with van der Waals surface area (Å²) in [5.41, 5.74) is 1.87. The molecule has 0 saturated heterocycles. The quantitative estimate of drug-likeness (QED) is 0.729. The van der Waals surface area contributed by atoms with Crippen molar-refractivity contribution in [2.45, 2.75) is 33.6 Å². The molecule has 84 valence electrons. The van der Waals surface area contributed by atoms with Crippen molar-refractivity contribution in [1.82, 2.24) is 0 Å². The largest absolute Gasteiger partial charge is 0.372 e. The Balaban J connectivity index is 3.21. The maximum absolute atomic E-state index is 13.7. The third-order valence-corrected chi connectivity index (χ3v) is 2.71. The van der Waals surface area contributed by atoms with Gasteiger partial charge in [0, 0.05) is 24.3 Å². The third-order valence-electron chi connectivity index (χ3n) is 2.71. The van der Waals surface area contributed by atoms with Gasteiger partial charge in [0.05, 0.1) is 0 Å². The molecular formula is C13H20FN. The van der Waals surface area contributed by atoms with Crippen LogP contribution in [0.3, 0.4) is 0 Å². The Morgan fingerprint density at radius 3 is 2.27 bits per heavy atom. The van der Waals surface area contributed by atoms with Gasteiger partial charge in [0.25, 0.3) is 0 Å². The molecule has 0 spiro atoms. The normalized spacial score (nSPS) is 10.8. The van der Waals surface area contributed by atoms with Gasteiger partial charge in [-0.25, -0.2) is 4.39 Å². The van der Waals surface area contributed by atoms with Crippen LogP contribution >= 0.6 is 0 Å². The fourth-order valence-electron chi connectivity index (χ4n) is 1.94. The summed E-state index contributed by atoms with van der Waals surface area (Å²) >= 11 is 0. The summed E-state index contributed by atoms with van der Waals surface area (Å²) < 4.78 is 13.7. The molecule has 0 heterocycles. The second-order valence-corrected chi connectivity index (χ2v) is 4.00. The molecule has 1 rings (SSSR count). The Bertz CT molecular complexity index is 316. The van der Waals surface area contributed by atoms with Gasteiger partial charge in [-0.15, -0.1) is 0 Å². The van der Waals surface area contributed by atoms with Gasteiger partial charge in [0.1, 0.15) is 5.82 Å². The summed E-state index contributed by atoms with van der Waals surface area (Å²) in [6.45, 7) is 10.1. The first-order valence-corrected chi connectivity index (χ1v) is 5.65. The zero-order valence-corrected chi connectivity index (χ0v) is 10.0. The molecule has 0 aliphatic rings. The first kappa shape index (κ1) is 12.0. The average Bonchev–Trinajstić information content (AvgIpc) is 2.19. The van der Waals surface area contributed by atoms with Gasteiger partial charge < -0.3 is 4.90 Å². The summed E-state index contributed by atoms with van der Waals surface area (Å²) in [5.74, 6) is 0.135. The number of benzene rings is 1. The van der Waals surface area contributed by atoms with E-state index in [2.05, 4.69) is 18.7 Å². The van der Waals surface area contributed by atoms with Gasteiger partial charge in [0.2, 0.25) is 0 Å². The predicted octanol–water partition coefficient (Wildman–Crippen LogP) is 3.80. The summed E-state index contributed by atoms with van der Waals surface area (Å²) in [6, 6.07) is 5.34. The zero-order chi connectivity index (χ0) is 11.4. The minimum atomic E-state index is -0.0885. The summed E-state index contributed by atoms with van der Waals surface area (Å²) in [6.07, 6.45) is 0. The second-order valence-electron chi connectivity index (χ2n) is 4.00. The highest BCUT2D eigenvalue weighted by Crippen LogP contribution is 2.29. The highest BCUT2D eigenvalue weighted by atomic mass is 19.1. The number of rotatable bonds is 4. The lowest BCUT2D eigenvalue weighted by Crippen LogP contribution is -2.23. The van der Waals surface area contributed by atoms with E-state index in [0.717, 1.165) is 24.3 Å². The van der Waals surface area contributed by atoms with Crippen LogP contribution in [0.4, 0.5) is 10.1 Å². The Labute approximate surface area is 91.9 Å². The molecular weight excluding hydrogens is 189 g/mol. The molecule has 0 aromatic heterocycles. The van der Waals surface area contributed by atoms with Crippen LogP contribution < -0.4 is 4.90 Å². The molecule has 0 unspecified atom stereocenters. The molecule has 1 nitrogen and oxygen atoms in total. The Hall–Kier alpha value is -1.05. The van der Waals surface area contributed by atoms with E-state index in [1.807, 2.05) is 19.9 Å². The first-order valence-electron chi connectivity index (χ1n) is 5.65. The third kappa shape index (κ3) is 2.49. The fourth-order valence-corrected chi connectivity index (χ4v) is 1.94. The van der Waals surface area contributed by atoms with Crippen LogP contribution in [0.1, 0.15) is 39.2 Å². The van der Waals surface area contributed by atoms with Crippen molar-refractivity contribution in [2.75, 3.05) is 18.0 Å². The van der Waals surface area contributed by atoms with Crippen LogP contribution in [0.2, 0.25) is 0 Å². The van der Waals surface area contributed by atoms with E-state index < -0.39 is 0 Å². The van der Waals surface area contributed by atoms with Crippen LogP contribution in [0.15, 0.2) is 18.2 Å². The molecule has 15 heavy (non-hydrogen) atoms. The molecule has 2 heteroatoms. The molecule has 0 atom stereocenters. The number of nitrogens with zero attached hydrogens (tertiary/aromatic N) is 1. The van der Waals surface area contributed by atoms with Gasteiger partial charge >= 0.3 is 0 Å². The zero-order valence-electron chi connectivity index (χ0n) is 10.0. The average molecular weight is 209 g/mol. The lowest BCUT2D eigenvalue weighted by Gasteiger charge is -2.25. The Morgan fingerprint density at radius 2 is 1.80 bits per heavy atom. The van der Waals surface area contributed by atoms with Crippen LogP contribution in [-0.4, -0.2) is 13.1 Å². The molecule has 0 saturated carbocycles. The van der Waals surface area contributed by atoms with Crippen molar-refractivity contribution in [3.63, 3.8) is 0 Å². The van der Waals surface area contributed by atoms with E-state index in [1.165, 1.54) is 0 Å². The summed E-state index contributed by atoms with van der Waals surface area (Å²) in [5, 5.41) is 0. The molecule has 0 aliphatic carbocycles. The SMILES string of the molecule is CCN(CC)c1cccc(F)c1C(C)C. The first-order chi connectivity index (χ1) is 7.11. The predicted molar refractivity (Wildman–Crippen MR) is 64.1 cm³/mol. The lowest BCUT2D eigenvalue weighted by molar-refractivity contribution is 0.596. The molecule has 0 amide bonds. The highest BCUT2D eigenvalue weighted by molar-refractivity contribution is 5.55. The van der Waals surface area contributed by atoms with E-state index in [4.69, 9.17) is 0 Å². The molecule has 1 aromatic carbocycles. The highest BCUT2D eigenvalue weighted by Gasteiger charge is 2.14.